The minimum atomic E-state index is -0.588. The summed E-state index contributed by atoms with van der Waals surface area (Å²) in [5.41, 5.74) is 0.0878. The van der Waals surface area contributed by atoms with E-state index in [1.807, 2.05) is 6.92 Å². The van der Waals surface area contributed by atoms with Gasteiger partial charge < -0.3 is 9.90 Å². The Balaban J connectivity index is 1.78. The SMILES string of the molecule is C[C@@H]1CC2=CC(=O)CC[C@]2(C=O)[C@H]2CC[C@@]3(C)[C@@H](CC[C@]3(C)O)[C@H]12. The molecule has 0 heterocycles. The molecule has 7 atom stereocenters. The highest BCUT2D eigenvalue weighted by Gasteiger charge is 2.64. The van der Waals surface area contributed by atoms with Crippen LogP contribution in [-0.4, -0.2) is 22.8 Å². The van der Waals surface area contributed by atoms with Gasteiger partial charge in [0.15, 0.2) is 5.78 Å². The highest BCUT2D eigenvalue weighted by molar-refractivity contribution is 5.93. The van der Waals surface area contributed by atoms with E-state index in [4.69, 9.17) is 0 Å². The predicted octanol–water partition coefficient (Wildman–Crippen LogP) is 3.69. The molecule has 3 heteroatoms. The summed E-state index contributed by atoms with van der Waals surface area (Å²) in [5, 5.41) is 11.0. The minimum absolute atomic E-state index is 0.0296. The van der Waals surface area contributed by atoms with Gasteiger partial charge in [-0.3, -0.25) is 4.79 Å². The van der Waals surface area contributed by atoms with Crippen LogP contribution in [0.15, 0.2) is 11.6 Å². The molecule has 0 saturated heterocycles. The van der Waals surface area contributed by atoms with Gasteiger partial charge in [-0.1, -0.05) is 19.4 Å². The van der Waals surface area contributed by atoms with Gasteiger partial charge in [-0.2, -0.15) is 0 Å². The van der Waals surface area contributed by atoms with Crippen molar-refractivity contribution in [1.29, 1.82) is 0 Å². The van der Waals surface area contributed by atoms with Crippen molar-refractivity contribution in [2.75, 3.05) is 0 Å². The van der Waals surface area contributed by atoms with E-state index in [0.717, 1.165) is 37.7 Å². The van der Waals surface area contributed by atoms with E-state index in [1.165, 1.54) is 6.29 Å². The third-order valence-corrected chi connectivity index (χ3v) is 8.68. The van der Waals surface area contributed by atoms with Crippen molar-refractivity contribution in [3.8, 4) is 0 Å². The summed E-state index contributed by atoms with van der Waals surface area (Å²) in [4.78, 5) is 24.2. The standard InChI is InChI=1S/C21H30O3/c1-13-10-14-11-15(23)4-9-21(14,12-22)17-5-7-19(2)16(18(13)17)6-8-20(19,3)24/h11-13,16-18,24H,4-10H2,1-3H3/t13-,16+,17+,18+,19+,20+,21-/m1/s1. The Morgan fingerprint density at radius 1 is 1.17 bits per heavy atom. The van der Waals surface area contributed by atoms with Crippen molar-refractivity contribution in [1.82, 2.24) is 0 Å². The van der Waals surface area contributed by atoms with Gasteiger partial charge in [0, 0.05) is 6.42 Å². The molecule has 0 spiro atoms. The van der Waals surface area contributed by atoms with E-state index in [0.29, 0.717) is 36.5 Å². The third-order valence-electron chi connectivity index (χ3n) is 8.68. The van der Waals surface area contributed by atoms with Gasteiger partial charge in [-0.05, 0) is 80.6 Å². The molecule has 4 aliphatic carbocycles. The fraction of sp³-hybridized carbons (Fsp3) is 0.810. The number of ketones is 1. The lowest BCUT2D eigenvalue weighted by molar-refractivity contribution is -0.144. The van der Waals surface area contributed by atoms with E-state index in [9.17, 15) is 14.7 Å². The molecule has 3 nitrogen and oxygen atoms in total. The van der Waals surface area contributed by atoms with Crippen molar-refractivity contribution in [3.05, 3.63) is 11.6 Å². The Morgan fingerprint density at radius 3 is 2.58 bits per heavy atom. The molecule has 0 aromatic carbocycles. The summed E-state index contributed by atoms with van der Waals surface area (Å²) in [5.74, 6) is 2.02. The molecule has 0 aromatic rings. The lowest BCUT2D eigenvalue weighted by Crippen LogP contribution is -2.57. The summed E-state index contributed by atoms with van der Waals surface area (Å²) >= 11 is 0. The smallest absolute Gasteiger partial charge is 0.155 e. The highest BCUT2D eigenvalue weighted by Crippen LogP contribution is 2.68. The van der Waals surface area contributed by atoms with Crippen molar-refractivity contribution in [2.45, 2.75) is 71.3 Å². The first-order chi connectivity index (χ1) is 11.2. The van der Waals surface area contributed by atoms with Crippen LogP contribution >= 0.6 is 0 Å². The number of carbonyl (C=O) groups is 2. The van der Waals surface area contributed by atoms with E-state index in [-0.39, 0.29) is 11.2 Å². The Bertz CT molecular complexity index is 619. The number of allylic oxidation sites excluding steroid dienone is 1. The molecule has 0 aromatic heterocycles. The summed E-state index contributed by atoms with van der Waals surface area (Å²) in [6, 6.07) is 0. The monoisotopic (exact) mass is 330 g/mol. The van der Waals surface area contributed by atoms with Crippen molar-refractivity contribution < 1.29 is 14.7 Å². The van der Waals surface area contributed by atoms with Gasteiger partial charge in [0.2, 0.25) is 0 Å². The maximum atomic E-state index is 12.3. The molecule has 0 radical (unpaired) electrons. The van der Waals surface area contributed by atoms with Gasteiger partial charge in [0.05, 0.1) is 11.0 Å². The number of aliphatic hydroxyl groups is 1. The molecular formula is C21H30O3. The van der Waals surface area contributed by atoms with Crippen LogP contribution in [-0.2, 0) is 9.59 Å². The number of carbonyl (C=O) groups excluding carboxylic acids is 2. The summed E-state index contributed by atoms with van der Waals surface area (Å²) < 4.78 is 0. The van der Waals surface area contributed by atoms with Crippen LogP contribution in [0.25, 0.3) is 0 Å². The van der Waals surface area contributed by atoms with E-state index < -0.39 is 11.0 Å². The van der Waals surface area contributed by atoms with Gasteiger partial charge >= 0.3 is 0 Å². The fourth-order valence-corrected chi connectivity index (χ4v) is 7.10. The zero-order valence-electron chi connectivity index (χ0n) is 15.2. The average molecular weight is 330 g/mol. The molecule has 24 heavy (non-hydrogen) atoms. The first kappa shape index (κ1) is 16.5. The van der Waals surface area contributed by atoms with Crippen molar-refractivity contribution in [3.63, 3.8) is 0 Å². The number of fused-ring (bicyclic) bond motifs is 5. The Labute approximate surface area is 144 Å². The van der Waals surface area contributed by atoms with Crippen LogP contribution in [0.4, 0.5) is 0 Å². The quantitative estimate of drug-likeness (QED) is 0.746. The minimum Gasteiger partial charge on any atom is -0.390 e. The van der Waals surface area contributed by atoms with Crippen LogP contribution in [0, 0.1) is 34.5 Å². The van der Waals surface area contributed by atoms with E-state index in [2.05, 4.69) is 13.8 Å². The molecule has 3 fully saturated rings. The maximum absolute atomic E-state index is 12.3. The molecule has 4 aliphatic rings. The van der Waals surface area contributed by atoms with Crippen LogP contribution in [0.2, 0.25) is 0 Å². The zero-order valence-corrected chi connectivity index (χ0v) is 15.2. The van der Waals surface area contributed by atoms with Gasteiger partial charge in [0.1, 0.15) is 6.29 Å². The molecule has 0 amide bonds. The molecule has 0 bridgehead atoms. The first-order valence-corrected chi connectivity index (χ1v) is 9.68. The molecule has 0 aliphatic heterocycles. The summed E-state index contributed by atoms with van der Waals surface area (Å²) in [6.45, 7) is 6.59. The molecule has 1 N–H and O–H groups in total. The molecule has 3 saturated carbocycles. The Kier molecular flexibility index (Phi) is 3.46. The van der Waals surface area contributed by atoms with Crippen LogP contribution in [0.5, 0.6) is 0 Å². The second-order valence-electron chi connectivity index (χ2n) is 9.53. The van der Waals surface area contributed by atoms with Gasteiger partial charge in [-0.25, -0.2) is 0 Å². The Hall–Kier alpha value is -0.960. The zero-order chi connectivity index (χ0) is 17.3. The van der Waals surface area contributed by atoms with Crippen molar-refractivity contribution >= 4 is 12.1 Å². The van der Waals surface area contributed by atoms with Crippen LogP contribution in [0.3, 0.4) is 0 Å². The fourth-order valence-electron chi connectivity index (χ4n) is 7.10. The normalized spacial score (nSPS) is 53.7. The number of rotatable bonds is 1. The molecule has 132 valence electrons. The topological polar surface area (TPSA) is 54.4 Å². The average Bonchev–Trinajstić information content (AvgIpc) is 2.77. The second-order valence-corrected chi connectivity index (χ2v) is 9.53. The maximum Gasteiger partial charge on any atom is 0.155 e. The van der Waals surface area contributed by atoms with Crippen LogP contribution in [0.1, 0.15) is 65.7 Å². The van der Waals surface area contributed by atoms with Gasteiger partial charge in [-0.15, -0.1) is 0 Å². The second kappa shape index (κ2) is 5.03. The largest absolute Gasteiger partial charge is 0.390 e. The predicted molar refractivity (Wildman–Crippen MR) is 92.3 cm³/mol. The summed E-state index contributed by atoms with van der Waals surface area (Å²) in [7, 11) is 0. The first-order valence-electron chi connectivity index (χ1n) is 9.68. The Morgan fingerprint density at radius 2 is 1.88 bits per heavy atom. The highest BCUT2D eigenvalue weighted by atomic mass is 16.3. The van der Waals surface area contributed by atoms with Crippen molar-refractivity contribution in [2.24, 2.45) is 34.5 Å². The number of hydrogen-bond donors (Lipinski definition) is 1. The summed E-state index contributed by atoms with van der Waals surface area (Å²) in [6.07, 6.45) is 9.02. The third kappa shape index (κ3) is 1.88. The molecule has 4 rings (SSSR count). The lowest BCUT2D eigenvalue weighted by atomic mass is 9.44. The van der Waals surface area contributed by atoms with E-state index >= 15 is 0 Å². The van der Waals surface area contributed by atoms with Gasteiger partial charge in [0.25, 0.3) is 0 Å². The number of aldehydes is 1. The lowest BCUT2D eigenvalue weighted by Gasteiger charge is -2.60. The number of hydrogen-bond acceptors (Lipinski definition) is 3. The molecular weight excluding hydrogens is 300 g/mol. The molecule has 0 unspecified atom stereocenters. The van der Waals surface area contributed by atoms with E-state index in [1.54, 1.807) is 6.08 Å². The van der Waals surface area contributed by atoms with Crippen LogP contribution < -0.4 is 0 Å².